The Bertz CT molecular complexity index is 322. The van der Waals surface area contributed by atoms with E-state index in [2.05, 4.69) is 4.98 Å². The van der Waals surface area contributed by atoms with Gasteiger partial charge in [0, 0.05) is 17.2 Å². The minimum absolute atomic E-state index is 0.217. The molecule has 0 aliphatic rings. The van der Waals surface area contributed by atoms with Crippen molar-refractivity contribution in [3.05, 3.63) is 16.1 Å². The summed E-state index contributed by atoms with van der Waals surface area (Å²) in [6, 6.07) is 0. The van der Waals surface area contributed by atoms with Crippen LogP contribution in [0.2, 0.25) is 0 Å². The molecule has 0 fully saturated rings. The number of hydrogen-bond acceptors (Lipinski definition) is 3. The highest BCUT2D eigenvalue weighted by molar-refractivity contribution is 7.09. The molecule has 0 aromatic carbocycles. The van der Waals surface area contributed by atoms with Gasteiger partial charge in [0.2, 0.25) is 0 Å². The maximum absolute atomic E-state index is 11.6. The lowest BCUT2D eigenvalue weighted by molar-refractivity contribution is -0.126. The molecule has 0 N–H and O–H groups in total. The van der Waals surface area contributed by atoms with E-state index >= 15 is 0 Å². The summed E-state index contributed by atoms with van der Waals surface area (Å²) in [5.74, 6) is 0.308. The first-order chi connectivity index (χ1) is 6.39. The van der Waals surface area contributed by atoms with Crippen molar-refractivity contribution < 1.29 is 4.79 Å². The van der Waals surface area contributed by atoms with Gasteiger partial charge in [-0.15, -0.1) is 11.3 Å². The number of carbonyl (C=O) groups is 1. The van der Waals surface area contributed by atoms with Crippen molar-refractivity contribution in [2.24, 2.45) is 5.41 Å². The molecule has 0 aliphatic carbocycles. The molecule has 0 saturated heterocycles. The first-order valence-electron chi connectivity index (χ1n) is 4.84. The van der Waals surface area contributed by atoms with Crippen LogP contribution in [0, 0.1) is 12.3 Å². The van der Waals surface area contributed by atoms with Gasteiger partial charge in [-0.05, 0) is 13.3 Å². The van der Waals surface area contributed by atoms with Gasteiger partial charge in [-0.25, -0.2) is 4.98 Å². The molecule has 2 nitrogen and oxygen atoms in total. The molecule has 0 atom stereocenters. The second-order valence-corrected chi connectivity index (χ2v) is 5.59. The van der Waals surface area contributed by atoms with Gasteiger partial charge in [-0.1, -0.05) is 20.8 Å². The molecule has 78 valence electrons. The van der Waals surface area contributed by atoms with Gasteiger partial charge in [-0.3, -0.25) is 4.79 Å². The van der Waals surface area contributed by atoms with Crippen LogP contribution in [0.3, 0.4) is 0 Å². The van der Waals surface area contributed by atoms with E-state index in [0.717, 1.165) is 17.1 Å². The monoisotopic (exact) mass is 211 g/mol. The van der Waals surface area contributed by atoms with Crippen LogP contribution in [0.5, 0.6) is 0 Å². The summed E-state index contributed by atoms with van der Waals surface area (Å²) in [5.41, 5.74) is 0.829. The zero-order valence-electron chi connectivity index (χ0n) is 9.26. The van der Waals surface area contributed by atoms with E-state index in [1.54, 1.807) is 11.3 Å². The van der Waals surface area contributed by atoms with Crippen molar-refractivity contribution in [1.29, 1.82) is 0 Å². The number of rotatable bonds is 3. The van der Waals surface area contributed by atoms with Crippen LogP contribution in [-0.2, 0) is 11.2 Å². The van der Waals surface area contributed by atoms with Crippen molar-refractivity contribution in [3.63, 3.8) is 0 Å². The topological polar surface area (TPSA) is 30.0 Å². The highest BCUT2D eigenvalue weighted by atomic mass is 32.1. The fraction of sp³-hybridized carbons (Fsp3) is 0.636. The number of nitrogens with zero attached hydrogens (tertiary/aromatic N) is 1. The lowest BCUT2D eigenvalue weighted by atomic mass is 9.88. The van der Waals surface area contributed by atoms with Gasteiger partial charge in [0.1, 0.15) is 5.78 Å². The molecule has 0 radical (unpaired) electrons. The molecular weight excluding hydrogens is 194 g/mol. The normalized spacial score (nSPS) is 11.7. The second-order valence-electron chi connectivity index (χ2n) is 4.53. The summed E-state index contributed by atoms with van der Waals surface area (Å²) in [4.78, 5) is 16.0. The summed E-state index contributed by atoms with van der Waals surface area (Å²) >= 11 is 1.64. The van der Waals surface area contributed by atoms with E-state index in [1.807, 2.05) is 33.1 Å². The second kappa shape index (κ2) is 4.22. The Labute approximate surface area is 89.4 Å². The summed E-state index contributed by atoms with van der Waals surface area (Å²) in [5, 5.41) is 3.11. The van der Waals surface area contributed by atoms with E-state index in [9.17, 15) is 4.79 Å². The molecule has 1 aromatic heterocycles. The van der Waals surface area contributed by atoms with Crippen LogP contribution in [0.4, 0.5) is 0 Å². The van der Waals surface area contributed by atoms with E-state index < -0.39 is 0 Å². The van der Waals surface area contributed by atoms with Crippen LogP contribution < -0.4 is 0 Å². The largest absolute Gasteiger partial charge is 0.299 e. The van der Waals surface area contributed by atoms with Crippen molar-refractivity contribution in [2.75, 3.05) is 0 Å². The van der Waals surface area contributed by atoms with Crippen LogP contribution in [0.1, 0.15) is 37.9 Å². The lowest BCUT2D eigenvalue weighted by Crippen LogP contribution is -2.20. The minimum Gasteiger partial charge on any atom is -0.299 e. The Morgan fingerprint density at radius 2 is 2.14 bits per heavy atom. The van der Waals surface area contributed by atoms with Crippen LogP contribution in [0.25, 0.3) is 0 Å². The summed E-state index contributed by atoms with van der Waals surface area (Å²) in [7, 11) is 0. The predicted octanol–water partition coefficient (Wildman–Crippen LogP) is 3.00. The number of carbonyl (C=O) groups excluding carboxylic acids is 1. The van der Waals surface area contributed by atoms with Crippen LogP contribution >= 0.6 is 11.3 Å². The zero-order chi connectivity index (χ0) is 10.8. The maximum atomic E-state index is 11.6. The first kappa shape index (κ1) is 11.4. The fourth-order valence-corrected chi connectivity index (χ4v) is 1.79. The molecule has 0 amide bonds. The number of aromatic nitrogens is 1. The van der Waals surface area contributed by atoms with Gasteiger partial charge in [0.25, 0.3) is 0 Å². The molecule has 1 rings (SSSR count). The number of aryl methyl sites for hydroxylation is 2. The third kappa shape index (κ3) is 3.22. The van der Waals surface area contributed by atoms with Gasteiger partial charge >= 0.3 is 0 Å². The standard InChI is InChI=1S/C11H17NOS/c1-8-12-9(7-14-8)5-6-10(13)11(2,3)4/h7H,5-6H2,1-4H3. The maximum Gasteiger partial charge on any atom is 0.138 e. The Kier molecular flexibility index (Phi) is 3.43. The van der Waals surface area contributed by atoms with E-state index in [4.69, 9.17) is 0 Å². The summed E-state index contributed by atoms with van der Waals surface area (Å²) < 4.78 is 0. The minimum atomic E-state index is -0.217. The third-order valence-electron chi connectivity index (χ3n) is 2.11. The van der Waals surface area contributed by atoms with E-state index in [0.29, 0.717) is 12.2 Å². The Morgan fingerprint density at radius 3 is 2.57 bits per heavy atom. The predicted molar refractivity (Wildman–Crippen MR) is 59.6 cm³/mol. The molecule has 0 unspecified atom stereocenters. The first-order valence-corrected chi connectivity index (χ1v) is 5.72. The van der Waals surface area contributed by atoms with E-state index in [-0.39, 0.29) is 5.41 Å². The SMILES string of the molecule is Cc1nc(CCC(=O)C(C)(C)C)cs1. The summed E-state index contributed by atoms with van der Waals surface area (Å²) in [6.45, 7) is 7.87. The van der Waals surface area contributed by atoms with Crippen molar-refractivity contribution in [2.45, 2.75) is 40.5 Å². The molecule has 1 aromatic rings. The zero-order valence-corrected chi connectivity index (χ0v) is 10.1. The van der Waals surface area contributed by atoms with Gasteiger partial charge < -0.3 is 0 Å². The van der Waals surface area contributed by atoms with Crippen molar-refractivity contribution in [1.82, 2.24) is 4.98 Å². The molecule has 0 saturated carbocycles. The number of ketones is 1. The summed E-state index contributed by atoms with van der Waals surface area (Å²) in [6.07, 6.45) is 1.38. The average Bonchev–Trinajstić information content (AvgIpc) is 2.45. The van der Waals surface area contributed by atoms with Gasteiger partial charge in [0.15, 0.2) is 0 Å². The van der Waals surface area contributed by atoms with Crippen molar-refractivity contribution in [3.8, 4) is 0 Å². The number of Topliss-reactive ketones (excluding diaryl/α,β-unsaturated/α-hetero) is 1. The molecule has 1 heterocycles. The quantitative estimate of drug-likeness (QED) is 0.769. The molecule has 0 aliphatic heterocycles. The Morgan fingerprint density at radius 1 is 1.50 bits per heavy atom. The van der Waals surface area contributed by atoms with Gasteiger partial charge in [-0.2, -0.15) is 0 Å². The number of hydrogen-bond donors (Lipinski definition) is 0. The molecule has 3 heteroatoms. The smallest absolute Gasteiger partial charge is 0.138 e. The number of thiazole rings is 1. The van der Waals surface area contributed by atoms with Crippen molar-refractivity contribution >= 4 is 17.1 Å². The lowest BCUT2D eigenvalue weighted by Gasteiger charge is -2.15. The van der Waals surface area contributed by atoms with Crippen LogP contribution in [0.15, 0.2) is 5.38 Å². The molecule has 14 heavy (non-hydrogen) atoms. The van der Waals surface area contributed by atoms with E-state index in [1.165, 1.54) is 0 Å². The fourth-order valence-electron chi connectivity index (χ4n) is 1.14. The Hall–Kier alpha value is -0.700. The average molecular weight is 211 g/mol. The molecule has 0 spiro atoms. The Balaban J connectivity index is 2.46. The molecule has 0 bridgehead atoms. The third-order valence-corrected chi connectivity index (χ3v) is 2.93. The molecular formula is C11H17NOS. The van der Waals surface area contributed by atoms with Gasteiger partial charge in [0.05, 0.1) is 10.7 Å². The van der Waals surface area contributed by atoms with Crippen LogP contribution in [-0.4, -0.2) is 10.8 Å². The highest BCUT2D eigenvalue weighted by Crippen LogP contribution is 2.18. The highest BCUT2D eigenvalue weighted by Gasteiger charge is 2.20.